The van der Waals surface area contributed by atoms with Crippen molar-refractivity contribution in [3.8, 4) is 0 Å². The topological polar surface area (TPSA) is 63.6 Å². The number of hydrogen-bond acceptors (Lipinski definition) is 3. The molecule has 6 heteroatoms. The van der Waals surface area contributed by atoms with E-state index in [2.05, 4.69) is 10.8 Å². The zero-order valence-electron chi connectivity index (χ0n) is 4.32. The molecule has 0 amide bonds. The minimum atomic E-state index is -4.44. The smallest absolute Gasteiger partial charge is 0.263 e. The highest BCUT2D eigenvalue weighted by molar-refractivity contribution is 7.81. The Labute approximate surface area is 58.0 Å². The first-order chi connectivity index (χ1) is 3.95. The van der Waals surface area contributed by atoms with E-state index in [4.69, 9.17) is 16.2 Å². The second kappa shape index (κ2) is 3.17. The van der Waals surface area contributed by atoms with E-state index >= 15 is 0 Å². The van der Waals surface area contributed by atoms with Gasteiger partial charge in [0.1, 0.15) is 0 Å². The summed E-state index contributed by atoms with van der Waals surface area (Å²) in [5.41, 5.74) is -1.21. The number of halogens is 1. The van der Waals surface area contributed by atoms with Gasteiger partial charge in [-0.1, -0.05) is 18.2 Å². The Morgan fingerprint density at radius 1 is 1.78 bits per heavy atom. The minimum Gasteiger partial charge on any atom is -0.263 e. The molecule has 0 aliphatic rings. The van der Waals surface area contributed by atoms with Gasteiger partial charge < -0.3 is 0 Å². The van der Waals surface area contributed by atoms with Crippen LogP contribution in [0.15, 0.2) is 12.7 Å². The van der Waals surface area contributed by atoms with Crippen LogP contribution in [0.3, 0.4) is 0 Å². The lowest BCUT2D eigenvalue weighted by Gasteiger charge is -1.99. The van der Waals surface area contributed by atoms with Crippen LogP contribution < -0.4 is 0 Å². The minimum absolute atomic E-state index is 1.02. The molecule has 0 rings (SSSR count). The molecule has 0 spiro atoms. The van der Waals surface area contributed by atoms with Crippen LogP contribution in [0.1, 0.15) is 0 Å². The van der Waals surface area contributed by atoms with Crippen LogP contribution in [-0.2, 0) is 14.6 Å². The molecule has 54 valence electrons. The maximum atomic E-state index is 9.80. The molecule has 9 heavy (non-hydrogen) atoms. The SMILES string of the molecule is C=CC(Cl)OS(=O)(=O)O. The Morgan fingerprint density at radius 2 is 2.22 bits per heavy atom. The van der Waals surface area contributed by atoms with Gasteiger partial charge in [0.05, 0.1) is 0 Å². The molecule has 0 saturated carbocycles. The van der Waals surface area contributed by atoms with E-state index < -0.39 is 16.0 Å². The molecular formula is C3H5ClO4S. The molecule has 1 atom stereocenters. The molecule has 0 aromatic rings. The summed E-state index contributed by atoms with van der Waals surface area (Å²) in [4.78, 5) is 0. The van der Waals surface area contributed by atoms with Gasteiger partial charge in [-0.2, -0.15) is 8.42 Å². The van der Waals surface area contributed by atoms with Crippen LogP contribution >= 0.6 is 11.6 Å². The predicted molar refractivity (Wildman–Crippen MR) is 32.5 cm³/mol. The summed E-state index contributed by atoms with van der Waals surface area (Å²) < 4.78 is 31.3. The van der Waals surface area contributed by atoms with Crippen molar-refractivity contribution in [1.29, 1.82) is 0 Å². The first-order valence-electron chi connectivity index (χ1n) is 1.88. The first-order valence-corrected chi connectivity index (χ1v) is 3.68. The number of hydrogen-bond donors (Lipinski definition) is 1. The molecule has 0 saturated heterocycles. The zero-order chi connectivity index (χ0) is 7.49. The molecule has 0 aliphatic heterocycles. The molecule has 0 fully saturated rings. The highest BCUT2D eigenvalue weighted by Gasteiger charge is 2.09. The molecule has 0 aliphatic carbocycles. The van der Waals surface area contributed by atoms with Crippen molar-refractivity contribution in [3.63, 3.8) is 0 Å². The number of rotatable bonds is 3. The van der Waals surface area contributed by atoms with Crippen molar-refractivity contribution in [3.05, 3.63) is 12.7 Å². The Kier molecular flexibility index (Phi) is 3.13. The Hall–Kier alpha value is -0.100. The molecule has 0 bridgehead atoms. The average molecular weight is 173 g/mol. The lowest BCUT2D eigenvalue weighted by molar-refractivity contribution is 0.273. The van der Waals surface area contributed by atoms with Gasteiger partial charge in [-0.05, 0) is 6.08 Å². The molecule has 0 aromatic carbocycles. The van der Waals surface area contributed by atoms with Crippen molar-refractivity contribution in [2.45, 2.75) is 5.56 Å². The summed E-state index contributed by atoms with van der Waals surface area (Å²) in [6, 6.07) is 0. The number of alkyl halides is 1. The summed E-state index contributed by atoms with van der Waals surface area (Å²) in [7, 11) is -4.44. The highest BCUT2D eigenvalue weighted by Crippen LogP contribution is 2.01. The van der Waals surface area contributed by atoms with Crippen molar-refractivity contribution in [2.24, 2.45) is 0 Å². The molecule has 0 aromatic heterocycles. The maximum Gasteiger partial charge on any atom is 0.399 e. The van der Waals surface area contributed by atoms with Crippen molar-refractivity contribution < 1.29 is 17.2 Å². The molecular weight excluding hydrogens is 168 g/mol. The highest BCUT2D eigenvalue weighted by atomic mass is 35.5. The van der Waals surface area contributed by atoms with Gasteiger partial charge >= 0.3 is 10.4 Å². The Bertz CT molecular complexity index is 184. The molecule has 0 heterocycles. The van der Waals surface area contributed by atoms with E-state index in [1.54, 1.807) is 0 Å². The van der Waals surface area contributed by atoms with E-state index in [0.29, 0.717) is 0 Å². The summed E-state index contributed by atoms with van der Waals surface area (Å²) in [5, 5.41) is 0. The Balaban J connectivity index is 3.89. The zero-order valence-corrected chi connectivity index (χ0v) is 5.89. The maximum absolute atomic E-state index is 9.80. The summed E-state index contributed by atoms with van der Waals surface area (Å²) >= 11 is 5.07. The van der Waals surface area contributed by atoms with E-state index in [-0.39, 0.29) is 0 Å². The molecule has 4 nitrogen and oxygen atoms in total. The molecule has 1 N–H and O–H groups in total. The van der Waals surface area contributed by atoms with E-state index in [9.17, 15) is 8.42 Å². The third-order valence-electron chi connectivity index (χ3n) is 0.399. The van der Waals surface area contributed by atoms with Gasteiger partial charge in [0.2, 0.25) is 0 Å². The average Bonchev–Trinajstić information content (AvgIpc) is 1.62. The third kappa shape index (κ3) is 5.78. The van der Waals surface area contributed by atoms with Gasteiger partial charge in [-0.15, -0.1) is 0 Å². The fraction of sp³-hybridized carbons (Fsp3) is 0.333. The van der Waals surface area contributed by atoms with Crippen LogP contribution in [0.25, 0.3) is 0 Å². The van der Waals surface area contributed by atoms with Crippen LogP contribution in [0.2, 0.25) is 0 Å². The lowest BCUT2D eigenvalue weighted by Crippen LogP contribution is -2.09. The fourth-order valence-electron chi connectivity index (χ4n) is 0.155. The third-order valence-corrected chi connectivity index (χ3v) is 1.22. The van der Waals surface area contributed by atoms with Gasteiger partial charge in [0.15, 0.2) is 5.56 Å². The normalized spacial score (nSPS) is 14.9. The van der Waals surface area contributed by atoms with Crippen molar-refractivity contribution >= 4 is 22.0 Å². The van der Waals surface area contributed by atoms with E-state index in [1.807, 2.05) is 0 Å². The Morgan fingerprint density at radius 3 is 2.33 bits per heavy atom. The largest absolute Gasteiger partial charge is 0.399 e. The van der Waals surface area contributed by atoms with Gasteiger partial charge in [-0.25, -0.2) is 4.18 Å². The fourth-order valence-corrected chi connectivity index (χ4v) is 0.742. The summed E-state index contributed by atoms with van der Waals surface area (Å²) in [6.07, 6.45) is 1.02. The van der Waals surface area contributed by atoms with E-state index in [1.165, 1.54) is 0 Å². The first kappa shape index (κ1) is 8.90. The van der Waals surface area contributed by atoms with E-state index in [0.717, 1.165) is 6.08 Å². The monoisotopic (exact) mass is 172 g/mol. The predicted octanol–water partition coefficient (Wildman–Crippen LogP) is 0.557. The lowest BCUT2D eigenvalue weighted by atomic mass is 10.7. The van der Waals surface area contributed by atoms with Gasteiger partial charge in [0.25, 0.3) is 0 Å². The quantitative estimate of drug-likeness (QED) is 0.384. The molecule has 0 radical (unpaired) electrons. The van der Waals surface area contributed by atoms with Gasteiger partial charge in [-0.3, -0.25) is 4.55 Å². The summed E-state index contributed by atoms with van der Waals surface area (Å²) in [5.74, 6) is 0. The second-order valence-electron chi connectivity index (χ2n) is 1.11. The van der Waals surface area contributed by atoms with Crippen molar-refractivity contribution in [1.82, 2.24) is 0 Å². The van der Waals surface area contributed by atoms with Gasteiger partial charge in [0, 0.05) is 0 Å². The van der Waals surface area contributed by atoms with Crippen molar-refractivity contribution in [2.75, 3.05) is 0 Å². The van der Waals surface area contributed by atoms with Crippen LogP contribution in [-0.4, -0.2) is 18.5 Å². The van der Waals surface area contributed by atoms with Crippen LogP contribution in [0.5, 0.6) is 0 Å². The standard InChI is InChI=1S/C3H5ClO4S/c1-2-3(4)8-9(5,6)7/h2-3H,1H2,(H,5,6,7). The van der Waals surface area contributed by atoms with Crippen LogP contribution in [0.4, 0.5) is 0 Å². The summed E-state index contributed by atoms with van der Waals surface area (Å²) in [6.45, 7) is 3.11. The molecule has 1 unspecified atom stereocenters. The van der Waals surface area contributed by atoms with Crippen LogP contribution in [0, 0.1) is 0 Å². The second-order valence-corrected chi connectivity index (χ2v) is 2.59.